The molecular formula is C7H10N2OS. The number of amidine groups is 1. The van der Waals surface area contributed by atoms with Gasteiger partial charge in [-0.1, -0.05) is 0 Å². The zero-order valence-corrected chi connectivity index (χ0v) is 7.60. The average molecular weight is 170 g/mol. The summed E-state index contributed by atoms with van der Waals surface area (Å²) in [6.45, 7) is 1.46. The topological polar surface area (TPSA) is 32.7 Å². The molecule has 11 heavy (non-hydrogen) atoms. The molecule has 0 N–H and O–H groups in total. The van der Waals surface area contributed by atoms with Crippen LogP contribution in [-0.4, -0.2) is 30.1 Å². The molecule has 4 heteroatoms. The molecule has 0 unspecified atom stereocenters. The Morgan fingerprint density at radius 3 is 2.55 bits per heavy atom. The van der Waals surface area contributed by atoms with Crippen LogP contribution in [0.2, 0.25) is 0 Å². The van der Waals surface area contributed by atoms with Gasteiger partial charge in [0.05, 0.1) is 0 Å². The van der Waals surface area contributed by atoms with Crippen LogP contribution in [0.25, 0.3) is 0 Å². The zero-order valence-electron chi connectivity index (χ0n) is 6.79. The standard InChI is InChI=1S/C7H10N2OS/c1-5-11-7(8-3)9(4)6(2)10/h1H,2-4H3/b8-7+. The molecule has 0 aliphatic rings. The number of hydrogen-bond acceptors (Lipinski definition) is 3. The Morgan fingerprint density at radius 1 is 1.73 bits per heavy atom. The summed E-state index contributed by atoms with van der Waals surface area (Å²) in [6.07, 6.45) is 5.04. The maximum absolute atomic E-state index is 10.8. The third kappa shape index (κ3) is 3.10. The Bertz CT molecular complexity index is 217. The van der Waals surface area contributed by atoms with E-state index >= 15 is 0 Å². The van der Waals surface area contributed by atoms with Crippen molar-refractivity contribution in [1.82, 2.24) is 4.90 Å². The van der Waals surface area contributed by atoms with Crippen molar-refractivity contribution in [2.45, 2.75) is 6.92 Å². The minimum atomic E-state index is -0.0756. The highest BCUT2D eigenvalue weighted by Gasteiger charge is 2.08. The van der Waals surface area contributed by atoms with Crippen LogP contribution in [0.1, 0.15) is 6.92 Å². The molecule has 0 aromatic heterocycles. The van der Waals surface area contributed by atoms with Crippen molar-refractivity contribution in [3.63, 3.8) is 0 Å². The van der Waals surface area contributed by atoms with Gasteiger partial charge in [-0.3, -0.25) is 14.7 Å². The molecule has 0 rings (SSSR count). The molecule has 0 aliphatic carbocycles. The van der Waals surface area contributed by atoms with Gasteiger partial charge in [0.25, 0.3) is 0 Å². The Morgan fingerprint density at radius 2 is 2.27 bits per heavy atom. The van der Waals surface area contributed by atoms with E-state index in [0.717, 1.165) is 11.8 Å². The van der Waals surface area contributed by atoms with E-state index < -0.39 is 0 Å². The molecular weight excluding hydrogens is 160 g/mol. The molecule has 0 atom stereocenters. The third-order valence-electron chi connectivity index (χ3n) is 1.10. The van der Waals surface area contributed by atoms with Crippen molar-refractivity contribution in [2.24, 2.45) is 4.99 Å². The average Bonchev–Trinajstić information content (AvgIpc) is 1.98. The SMILES string of the molecule is C#CS/C(=N/C)N(C)C(C)=O. The van der Waals surface area contributed by atoms with Gasteiger partial charge in [-0.05, 0) is 17.0 Å². The van der Waals surface area contributed by atoms with E-state index in [0.29, 0.717) is 5.17 Å². The van der Waals surface area contributed by atoms with Gasteiger partial charge in [-0.25, -0.2) is 0 Å². The van der Waals surface area contributed by atoms with Gasteiger partial charge >= 0.3 is 0 Å². The third-order valence-corrected chi connectivity index (χ3v) is 1.86. The van der Waals surface area contributed by atoms with Gasteiger partial charge in [0, 0.05) is 21.0 Å². The number of rotatable bonds is 0. The van der Waals surface area contributed by atoms with Crippen molar-refractivity contribution in [3.05, 3.63) is 0 Å². The van der Waals surface area contributed by atoms with Crippen LogP contribution in [0, 0.1) is 11.7 Å². The van der Waals surface area contributed by atoms with Crippen LogP contribution >= 0.6 is 11.8 Å². The molecule has 0 aromatic rings. The smallest absolute Gasteiger partial charge is 0.225 e. The monoisotopic (exact) mass is 170 g/mol. The fraction of sp³-hybridized carbons (Fsp3) is 0.429. The fourth-order valence-electron chi connectivity index (χ4n) is 0.452. The number of aliphatic imine (C=N–C) groups is 1. The fourth-order valence-corrected chi connectivity index (χ4v) is 0.914. The molecule has 0 aromatic carbocycles. The number of terminal acetylenes is 1. The second kappa shape index (κ2) is 4.80. The van der Waals surface area contributed by atoms with Gasteiger partial charge in [0.1, 0.15) is 0 Å². The number of thioether (sulfide) groups is 1. The second-order valence-corrected chi connectivity index (χ2v) is 2.61. The minimum Gasteiger partial charge on any atom is -0.294 e. The first-order valence-electron chi connectivity index (χ1n) is 2.97. The first kappa shape index (κ1) is 10.0. The van der Waals surface area contributed by atoms with Gasteiger partial charge in [-0.2, -0.15) is 0 Å². The molecule has 3 nitrogen and oxygen atoms in total. The lowest BCUT2D eigenvalue weighted by atomic mass is 10.6. The van der Waals surface area contributed by atoms with E-state index in [1.54, 1.807) is 14.1 Å². The number of amides is 1. The molecule has 0 saturated heterocycles. The minimum absolute atomic E-state index is 0.0756. The predicted octanol–water partition coefficient (Wildman–Crippen LogP) is 0.774. The maximum Gasteiger partial charge on any atom is 0.225 e. The highest BCUT2D eigenvalue weighted by molar-refractivity contribution is 8.17. The Balaban J connectivity index is 4.30. The van der Waals surface area contributed by atoms with E-state index in [1.807, 2.05) is 0 Å². The molecule has 0 heterocycles. The lowest BCUT2D eigenvalue weighted by Crippen LogP contribution is -2.28. The van der Waals surface area contributed by atoms with Crippen molar-refractivity contribution < 1.29 is 4.79 Å². The zero-order chi connectivity index (χ0) is 8.85. The summed E-state index contributed by atoms with van der Waals surface area (Å²) in [5.74, 6) is -0.0756. The van der Waals surface area contributed by atoms with Crippen LogP contribution in [0.5, 0.6) is 0 Å². The maximum atomic E-state index is 10.8. The normalized spacial score (nSPS) is 10.5. The van der Waals surface area contributed by atoms with Crippen molar-refractivity contribution in [2.75, 3.05) is 14.1 Å². The molecule has 0 aliphatic heterocycles. The molecule has 0 bridgehead atoms. The Hall–Kier alpha value is -0.950. The summed E-state index contributed by atoms with van der Waals surface area (Å²) in [5, 5.41) is 2.89. The molecule has 0 radical (unpaired) electrons. The predicted molar refractivity (Wildman–Crippen MR) is 48.2 cm³/mol. The summed E-state index contributed by atoms with van der Waals surface area (Å²) in [7, 11) is 3.23. The number of nitrogens with zero attached hydrogens (tertiary/aromatic N) is 2. The number of carbonyl (C=O) groups is 1. The van der Waals surface area contributed by atoms with Crippen molar-refractivity contribution in [3.8, 4) is 11.7 Å². The first-order chi connectivity index (χ1) is 5.13. The lowest BCUT2D eigenvalue weighted by Gasteiger charge is -2.13. The van der Waals surface area contributed by atoms with E-state index in [2.05, 4.69) is 10.2 Å². The molecule has 1 amide bonds. The first-order valence-corrected chi connectivity index (χ1v) is 3.78. The summed E-state index contributed by atoms with van der Waals surface area (Å²) >= 11 is 1.10. The van der Waals surface area contributed by atoms with Gasteiger partial charge in [-0.15, -0.1) is 6.42 Å². The van der Waals surface area contributed by atoms with Crippen molar-refractivity contribution in [1.29, 1.82) is 0 Å². The highest BCUT2D eigenvalue weighted by atomic mass is 32.2. The van der Waals surface area contributed by atoms with Gasteiger partial charge in [0.2, 0.25) is 5.91 Å². The van der Waals surface area contributed by atoms with Gasteiger partial charge in [0.15, 0.2) is 5.17 Å². The lowest BCUT2D eigenvalue weighted by molar-refractivity contribution is -0.124. The highest BCUT2D eigenvalue weighted by Crippen LogP contribution is 2.04. The van der Waals surface area contributed by atoms with Crippen LogP contribution in [0.15, 0.2) is 4.99 Å². The summed E-state index contributed by atoms with van der Waals surface area (Å²) in [6, 6.07) is 0. The van der Waals surface area contributed by atoms with Crippen molar-refractivity contribution >= 4 is 22.8 Å². The Kier molecular flexibility index (Phi) is 4.39. The second-order valence-electron chi connectivity index (χ2n) is 1.80. The van der Waals surface area contributed by atoms with Crippen LogP contribution in [0.3, 0.4) is 0 Å². The number of hydrogen-bond donors (Lipinski definition) is 0. The van der Waals surface area contributed by atoms with Crippen LogP contribution < -0.4 is 0 Å². The van der Waals surface area contributed by atoms with E-state index in [1.165, 1.54) is 11.8 Å². The van der Waals surface area contributed by atoms with Crippen LogP contribution in [-0.2, 0) is 4.79 Å². The summed E-state index contributed by atoms with van der Waals surface area (Å²) in [5.41, 5.74) is 0. The summed E-state index contributed by atoms with van der Waals surface area (Å²) < 4.78 is 0. The molecule has 0 spiro atoms. The summed E-state index contributed by atoms with van der Waals surface area (Å²) in [4.78, 5) is 16.0. The molecule has 0 fully saturated rings. The quantitative estimate of drug-likeness (QED) is 0.306. The number of carbonyl (C=O) groups excluding carboxylic acids is 1. The van der Waals surface area contributed by atoms with E-state index in [9.17, 15) is 4.79 Å². The van der Waals surface area contributed by atoms with Gasteiger partial charge < -0.3 is 0 Å². The molecule has 0 saturated carbocycles. The molecule has 60 valence electrons. The van der Waals surface area contributed by atoms with E-state index in [4.69, 9.17) is 6.42 Å². The Labute approximate surface area is 70.9 Å². The largest absolute Gasteiger partial charge is 0.294 e. The van der Waals surface area contributed by atoms with E-state index in [-0.39, 0.29) is 5.91 Å². The van der Waals surface area contributed by atoms with Crippen LogP contribution in [0.4, 0.5) is 0 Å².